The third-order valence-electron chi connectivity index (χ3n) is 7.19. The molecule has 1 aliphatic carbocycles. The second-order valence-corrected chi connectivity index (χ2v) is 9.10. The molecule has 9 heteroatoms. The summed E-state index contributed by atoms with van der Waals surface area (Å²) in [4.78, 5) is 16.5. The quantitative estimate of drug-likeness (QED) is 0.640. The molecule has 0 unspecified atom stereocenters. The second-order valence-electron chi connectivity index (χ2n) is 9.10. The van der Waals surface area contributed by atoms with Gasteiger partial charge in [0.15, 0.2) is 0 Å². The number of aliphatic hydroxyl groups excluding tert-OH is 3. The molecule has 0 radical (unpaired) electrons. The number of carbonyl (C=O) groups is 1. The lowest BCUT2D eigenvalue weighted by Gasteiger charge is -2.44. The van der Waals surface area contributed by atoms with Crippen molar-refractivity contribution >= 4 is 5.91 Å². The van der Waals surface area contributed by atoms with E-state index < -0.39 is 30.4 Å². The molecule has 3 N–H and O–H groups in total. The fourth-order valence-electron chi connectivity index (χ4n) is 5.08. The normalized spacial score (nSPS) is 38.2. The average molecular weight is 422 g/mol. The topological polar surface area (TPSA) is 84.2 Å². The summed E-state index contributed by atoms with van der Waals surface area (Å²) in [5, 5.41) is 29.8. The monoisotopic (exact) mass is 422 g/mol. The Kier molecular flexibility index (Phi) is 7.13. The van der Waals surface area contributed by atoms with Gasteiger partial charge in [-0.3, -0.25) is 9.69 Å². The van der Waals surface area contributed by atoms with Gasteiger partial charge in [0.1, 0.15) is 6.10 Å². The second kappa shape index (κ2) is 9.08. The van der Waals surface area contributed by atoms with Crippen molar-refractivity contribution in [1.82, 2.24) is 9.80 Å². The van der Waals surface area contributed by atoms with Gasteiger partial charge in [-0.15, -0.1) is 0 Å². The number of likely N-dealkylation sites (tertiary alicyclic amines) is 2. The van der Waals surface area contributed by atoms with Gasteiger partial charge < -0.3 is 20.2 Å². The third kappa shape index (κ3) is 5.24. The van der Waals surface area contributed by atoms with Crippen molar-refractivity contribution < 1.29 is 33.3 Å². The van der Waals surface area contributed by atoms with Gasteiger partial charge in [-0.05, 0) is 51.4 Å². The predicted octanol–water partition coefficient (Wildman–Crippen LogP) is 1.38. The largest absolute Gasteiger partial charge is 0.391 e. The Morgan fingerprint density at radius 2 is 1.55 bits per heavy atom. The van der Waals surface area contributed by atoms with Gasteiger partial charge in [0, 0.05) is 38.1 Å². The first-order valence-corrected chi connectivity index (χ1v) is 10.7. The van der Waals surface area contributed by atoms with Crippen LogP contribution in [0.3, 0.4) is 0 Å². The Labute approximate surface area is 169 Å². The van der Waals surface area contributed by atoms with Crippen LogP contribution in [-0.2, 0) is 4.79 Å². The summed E-state index contributed by atoms with van der Waals surface area (Å²) in [6.07, 6.45) is -4.97. The minimum atomic E-state index is -4.16. The van der Waals surface area contributed by atoms with Crippen molar-refractivity contribution in [2.24, 2.45) is 17.8 Å². The van der Waals surface area contributed by atoms with Crippen LogP contribution in [-0.4, -0.2) is 87.7 Å². The van der Waals surface area contributed by atoms with E-state index in [1.165, 1.54) is 0 Å². The van der Waals surface area contributed by atoms with Crippen LogP contribution in [0, 0.1) is 17.8 Å². The zero-order valence-electron chi connectivity index (χ0n) is 16.9. The van der Waals surface area contributed by atoms with E-state index in [0.29, 0.717) is 44.9 Å². The Bertz CT molecular complexity index is 560. The number of piperidine rings is 2. The molecule has 2 aliphatic heterocycles. The zero-order chi connectivity index (χ0) is 21.3. The first-order valence-electron chi connectivity index (χ1n) is 10.7. The molecule has 3 aliphatic rings. The molecule has 3 rings (SSSR count). The summed E-state index contributed by atoms with van der Waals surface area (Å²) in [5.74, 6) is -1.26. The van der Waals surface area contributed by atoms with Crippen LogP contribution in [0.15, 0.2) is 0 Å². The number of hydrogen-bond donors (Lipinski definition) is 3. The van der Waals surface area contributed by atoms with Crippen LogP contribution in [0.1, 0.15) is 45.4 Å². The maximum absolute atomic E-state index is 12.8. The predicted molar refractivity (Wildman–Crippen MR) is 99.9 cm³/mol. The van der Waals surface area contributed by atoms with Crippen molar-refractivity contribution in [3.05, 3.63) is 0 Å². The Morgan fingerprint density at radius 3 is 2.10 bits per heavy atom. The summed E-state index contributed by atoms with van der Waals surface area (Å²) >= 11 is 0. The van der Waals surface area contributed by atoms with Crippen LogP contribution in [0.2, 0.25) is 0 Å². The molecule has 0 aromatic heterocycles. The number of alkyl halides is 3. The average Bonchev–Trinajstić information content (AvgIpc) is 2.70. The highest BCUT2D eigenvalue weighted by Crippen LogP contribution is 2.40. The fraction of sp³-hybridized carbons (Fsp3) is 0.950. The van der Waals surface area contributed by atoms with E-state index in [0.717, 1.165) is 12.8 Å². The van der Waals surface area contributed by atoms with E-state index >= 15 is 0 Å². The molecule has 0 aromatic carbocycles. The molecule has 0 bridgehead atoms. The highest BCUT2D eigenvalue weighted by atomic mass is 19.4. The molecule has 2 saturated heterocycles. The molecule has 2 heterocycles. The Morgan fingerprint density at radius 1 is 0.966 bits per heavy atom. The molecule has 1 saturated carbocycles. The summed E-state index contributed by atoms with van der Waals surface area (Å²) in [6, 6.07) is -0.253. The third-order valence-corrected chi connectivity index (χ3v) is 7.19. The molecule has 168 valence electrons. The first kappa shape index (κ1) is 22.8. The van der Waals surface area contributed by atoms with Crippen molar-refractivity contribution in [2.75, 3.05) is 26.2 Å². The van der Waals surface area contributed by atoms with E-state index in [9.17, 15) is 33.3 Å². The zero-order valence-corrected chi connectivity index (χ0v) is 16.9. The summed E-state index contributed by atoms with van der Waals surface area (Å²) < 4.78 is 38.4. The molecular weight excluding hydrogens is 389 g/mol. The standard InChI is InChI=1S/C20H33F3N2O4/c1-12-17(27)18(28)16(26)11-25(12)10-13-6-8-24(9-7-13)19(29)14-2-4-15(5-3-14)20(21,22)23/h12-18,26-28H,2-11H2,1H3/t12-,14?,15?,16+,17-,18-/m1/s1. The molecule has 0 spiro atoms. The van der Waals surface area contributed by atoms with Crippen LogP contribution in [0.4, 0.5) is 13.2 Å². The van der Waals surface area contributed by atoms with Gasteiger partial charge in [-0.2, -0.15) is 13.2 Å². The highest BCUT2D eigenvalue weighted by molar-refractivity contribution is 5.79. The van der Waals surface area contributed by atoms with Gasteiger partial charge in [0.05, 0.1) is 18.1 Å². The van der Waals surface area contributed by atoms with E-state index in [1.54, 1.807) is 4.90 Å². The molecule has 6 nitrogen and oxygen atoms in total. The lowest BCUT2D eigenvalue weighted by atomic mass is 9.80. The van der Waals surface area contributed by atoms with Crippen molar-refractivity contribution in [3.8, 4) is 0 Å². The molecule has 3 fully saturated rings. The SMILES string of the molecule is C[C@@H]1[C@@H](O)[C@H](O)[C@@H](O)CN1CC1CCN(C(=O)C2CCC(C(F)(F)F)CC2)CC1. The minimum absolute atomic E-state index is 0.00983. The number of nitrogens with zero attached hydrogens (tertiary/aromatic N) is 2. The number of rotatable bonds is 3. The number of hydrogen-bond acceptors (Lipinski definition) is 5. The van der Waals surface area contributed by atoms with Gasteiger partial charge in [0.25, 0.3) is 0 Å². The molecule has 0 aromatic rings. The van der Waals surface area contributed by atoms with Crippen LogP contribution >= 0.6 is 0 Å². The molecule has 29 heavy (non-hydrogen) atoms. The van der Waals surface area contributed by atoms with Gasteiger partial charge in [-0.1, -0.05) is 0 Å². The van der Waals surface area contributed by atoms with Crippen LogP contribution in [0.25, 0.3) is 0 Å². The van der Waals surface area contributed by atoms with Crippen LogP contribution in [0.5, 0.6) is 0 Å². The lowest BCUT2D eigenvalue weighted by Crippen LogP contribution is -2.61. The minimum Gasteiger partial charge on any atom is -0.389 e. The summed E-state index contributed by atoms with van der Waals surface area (Å²) in [6.45, 7) is 4.01. The summed E-state index contributed by atoms with van der Waals surface area (Å²) in [5.41, 5.74) is 0. The van der Waals surface area contributed by atoms with Crippen molar-refractivity contribution in [1.29, 1.82) is 0 Å². The van der Waals surface area contributed by atoms with Crippen molar-refractivity contribution in [3.63, 3.8) is 0 Å². The first-order chi connectivity index (χ1) is 13.6. The maximum Gasteiger partial charge on any atom is 0.391 e. The fourth-order valence-corrected chi connectivity index (χ4v) is 5.08. The Balaban J connectivity index is 1.44. The lowest BCUT2D eigenvalue weighted by molar-refractivity contribution is -0.185. The Hall–Kier alpha value is -0.900. The number of carbonyl (C=O) groups excluding carboxylic acids is 1. The number of amides is 1. The van der Waals surface area contributed by atoms with Crippen molar-refractivity contribution in [2.45, 2.75) is 76.0 Å². The van der Waals surface area contributed by atoms with Crippen LogP contribution < -0.4 is 0 Å². The molecule has 1 amide bonds. The number of halogens is 3. The van der Waals surface area contributed by atoms with E-state index in [-0.39, 0.29) is 30.7 Å². The maximum atomic E-state index is 12.8. The summed E-state index contributed by atoms with van der Waals surface area (Å²) in [7, 11) is 0. The smallest absolute Gasteiger partial charge is 0.389 e. The highest BCUT2D eigenvalue weighted by Gasteiger charge is 2.43. The molecule has 4 atom stereocenters. The van der Waals surface area contributed by atoms with E-state index in [2.05, 4.69) is 0 Å². The van der Waals surface area contributed by atoms with E-state index in [4.69, 9.17) is 0 Å². The molecular formula is C20H33F3N2O4. The van der Waals surface area contributed by atoms with E-state index in [1.807, 2.05) is 11.8 Å². The van der Waals surface area contributed by atoms with Gasteiger partial charge in [-0.25, -0.2) is 0 Å². The van der Waals surface area contributed by atoms with Gasteiger partial charge in [0.2, 0.25) is 5.91 Å². The number of β-amino-alcohol motifs (C(OH)–C–C–N with tert-alkyl or cyclic N) is 1. The number of aliphatic hydroxyl groups is 3. The van der Waals surface area contributed by atoms with Gasteiger partial charge >= 0.3 is 6.18 Å².